The molecule has 0 aliphatic carbocycles. The van der Waals surface area contributed by atoms with Crippen LogP contribution >= 0.6 is 0 Å². The van der Waals surface area contributed by atoms with Crippen LogP contribution in [0.25, 0.3) is 0 Å². The number of hydrogen-bond acceptors (Lipinski definition) is 3. The molecule has 0 spiro atoms. The van der Waals surface area contributed by atoms with Gasteiger partial charge in [-0.15, -0.1) is 0 Å². The fourth-order valence-corrected chi connectivity index (χ4v) is 3.59. The normalized spacial score (nSPS) is 29.4. The average Bonchev–Trinajstić information content (AvgIpc) is 2.87. The van der Waals surface area contributed by atoms with Crippen LogP contribution in [0.1, 0.15) is 52.9 Å². The van der Waals surface area contributed by atoms with Gasteiger partial charge >= 0.3 is 0 Å². The third-order valence-electron chi connectivity index (χ3n) is 5.03. The molecule has 0 bridgehead atoms. The molecule has 1 N–H and O–H groups in total. The fraction of sp³-hybridized carbons (Fsp3) is 1.00. The lowest BCUT2D eigenvalue weighted by Gasteiger charge is -2.35. The summed E-state index contributed by atoms with van der Waals surface area (Å²) in [7, 11) is 0. The Hall–Kier alpha value is -0.120. The second kappa shape index (κ2) is 8.35. The molecule has 0 amide bonds. The molecule has 20 heavy (non-hydrogen) atoms. The summed E-state index contributed by atoms with van der Waals surface area (Å²) < 4.78 is 6.18. The van der Waals surface area contributed by atoms with E-state index >= 15 is 0 Å². The lowest BCUT2D eigenvalue weighted by atomic mass is 9.86. The maximum Gasteiger partial charge on any atom is 0.0707 e. The minimum atomic E-state index is 0.458. The van der Waals surface area contributed by atoms with E-state index in [1.165, 1.54) is 45.2 Å². The number of hydrogen-bond donors (Lipinski definition) is 1. The van der Waals surface area contributed by atoms with Gasteiger partial charge in [-0.05, 0) is 63.6 Å². The van der Waals surface area contributed by atoms with E-state index in [9.17, 15) is 0 Å². The first-order valence-electron chi connectivity index (χ1n) is 8.77. The van der Waals surface area contributed by atoms with Gasteiger partial charge in [-0.3, -0.25) is 0 Å². The summed E-state index contributed by atoms with van der Waals surface area (Å²) in [5, 5.41) is 3.48. The summed E-state index contributed by atoms with van der Waals surface area (Å²) in [4.78, 5) is 2.63. The average molecular weight is 282 g/mol. The molecule has 3 heteroatoms. The second-order valence-corrected chi connectivity index (χ2v) is 7.04. The van der Waals surface area contributed by atoms with Crippen LogP contribution in [0, 0.1) is 11.8 Å². The van der Waals surface area contributed by atoms with Gasteiger partial charge in [0.05, 0.1) is 12.2 Å². The number of piperidine rings is 1. The van der Waals surface area contributed by atoms with Crippen molar-refractivity contribution in [1.82, 2.24) is 10.2 Å². The van der Waals surface area contributed by atoms with Gasteiger partial charge < -0.3 is 15.0 Å². The molecule has 3 nitrogen and oxygen atoms in total. The van der Waals surface area contributed by atoms with E-state index in [0.29, 0.717) is 12.2 Å². The zero-order valence-electron chi connectivity index (χ0n) is 13.7. The maximum atomic E-state index is 6.18. The highest BCUT2D eigenvalue weighted by atomic mass is 16.5. The molecule has 2 fully saturated rings. The van der Waals surface area contributed by atoms with E-state index in [4.69, 9.17) is 4.74 Å². The minimum Gasteiger partial charge on any atom is -0.372 e. The van der Waals surface area contributed by atoms with Gasteiger partial charge in [0.2, 0.25) is 0 Å². The summed E-state index contributed by atoms with van der Waals surface area (Å²) in [5.74, 6) is 1.80. The molecule has 2 unspecified atom stereocenters. The predicted octanol–water partition coefficient (Wildman–Crippen LogP) is 2.90. The Morgan fingerprint density at radius 1 is 1.10 bits per heavy atom. The molecule has 2 saturated heterocycles. The summed E-state index contributed by atoms with van der Waals surface area (Å²) in [6.07, 6.45) is 7.41. The van der Waals surface area contributed by atoms with Crippen molar-refractivity contribution in [3.05, 3.63) is 0 Å². The Morgan fingerprint density at radius 3 is 2.45 bits per heavy atom. The lowest BCUT2D eigenvalue weighted by molar-refractivity contribution is 0.0150. The molecular weight excluding hydrogens is 248 g/mol. The lowest BCUT2D eigenvalue weighted by Crippen LogP contribution is -2.40. The van der Waals surface area contributed by atoms with Crippen molar-refractivity contribution < 1.29 is 4.74 Å². The number of nitrogens with zero attached hydrogens (tertiary/aromatic N) is 1. The van der Waals surface area contributed by atoms with E-state index in [1.54, 1.807) is 0 Å². The van der Waals surface area contributed by atoms with E-state index in [-0.39, 0.29) is 0 Å². The molecule has 0 aromatic heterocycles. The van der Waals surface area contributed by atoms with Crippen molar-refractivity contribution in [2.75, 3.05) is 32.7 Å². The Labute approximate surface area is 125 Å². The molecule has 0 radical (unpaired) electrons. The molecule has 0 saturated carbocycles. The van der Waals surface area contributed by atoms with Gasteiger partial charge in [0.25, 0.3) is 0 Å². The molecule has 2 heterocycles. The zero-order chi connectivity index (χ0) is 14.4. The highest BCUT2D eigenvalue weighted by molar-refractivity contribution is 4.81. The highest BCUT2D eigenvalue weighted by Gasteiger charge is 2.28. The van der Waals surface area contributed by atoms with E-state index in [1.807, 2.05) is 0 Å². The van der Waals surface area contributed by atoms with Gasteiger partial charge in [0.1, 0.15) is 0 Å². The van der Waals surface area contributed by atoms with Crippen LogP contribution < -0.4 is 5.32 Å². The van der Waals surface area contributed by atoms with Gasteiger partial charge in [-0.1, -0.05) is 20.8 Å². The molecular formula is C17H34N2O. The van der Waals surface area contributed by atoms with Crippen LogP contribution in [0.3, 0.4) is 0 Å². The summed E-state index contributed by atoms with van der Waals surface area (Å²) in [5.41, 5.74) is 0. The van der Waals surface area contributed by atoms with Crippen molar-refractivity contribution in [1.29, 1.82) is 0 Å². The number of ether oxygens (including phenoxy) is 1. The SMILES string of the molecule is CCCNCC1CCC(CN2CCC(C(C)C)CC2)O1. The van der Waals surface area contributed by atoms with Crippen molar-refractivity contribution in [3.63, 3.8) is 0 Å². The highest BCUT2D eigenvalue weighted by Crippen LogP contribution is 2.26. The van der Waals surface area contributed by atoms with Crippen LogP contribution in [-0.4, -0.2) is 49.8 Å². The molecule has 0 aromatic carbocycles. The summed E-state index contributed by atoms with van der Waals surface area (Å²) >= 11 is 0. The first-order valence-corrected chi connectivity index (χ1v) is 8.77. The summed E-state index contributed by atoms with van der Waals surface area (Å²) in [6.45, 7) is 12.8. The Kier molecular flexibility index (Phi) is 6.79. The van der Waals surface area contributed by atoms with Gasteiger partial charge in [0, 0.05) is 13.1 Å². The number of nitrogens with one attached hydrogen (secondary N) is 1. The minimum absolute atomic E-state index is 0.458. The largest absolute Gasteiger partial charge is 0.372 e. The molecule has 118 valence electrons. The maximum absolute atomic E-state index is 6.18. The van der Waals surface area contributed by atoms with Crippen molar-refractivity contribution in [2.24, 2.45) is 11.8 Å². The number of likely N-dealkylation sites (tertiary alicyclic amines) is 1. The third-order valence-corrected chi connectivity index (χ3v) is 5.03. The van der Waals surface area contributed by atoms with Gasteiger partial charge in [0.15, 0.2) is 0 Å². The van der Waals surface area contributed by atoms with Crippen molar-refractivity contribution in [2.45, 2.75) is 65.1 Å². The summed E-state index contributed by atoms with van der Waals surface area (Å²) in [6, 6.07) is 0. The van der Waals surface area contributed by atoms with E-state index in [0.717, 1.165) is 31.5 Å². The molecule has 2 aliphatic heterocycles. The van der Waals surface area contributed by atoms with Crippen LogP contribution in [0.15, 0.2) is 0 Å². The van der Waals surface area contributed by atoms with E-state index < -0.39 is 0 Å². The van der Waals surface area contributed by atoms with Crippen LogP contribution in [0.5, 0.6) is 0 Å². The van der Waals surface area contributed by atoms with Gasteiger partial charge in [-0.25, -0.2) is 0 Å². The van der Waals surface area contributed by atoms with Crippen LogP contribution in [0.4, 0.5) is 0 Å². The van der Waals surface area contributed by atoms with Gasteiger partial charge in [-0.2, -0.15) is 0 Å². The fourth-order valence-electron chi connectivity index (χ4n) is 3.59. The van der Waals surface area contributed by atoms with Crippen molar-refractivity contribution in [3.8, 4) is 0 Å². The third kappa shape index (κ3) is 5.01. The van der Waals surface area contributed by atoms with Crippen LogP contribution in [-0.2, 0) is 4.74 Å². The Morgan fingerprint density at radius 2 is 1.80 bits per heavy atom. The van der Waals surface area contributed by atoms with Crippen LogP contribution in [0.2, 0.25) is 0 Å². The predicted molar refractivity (Wildman–Crippen MR) is 85.1 cm³/mol. The quantitative estimate of drug-likeness (QED) is 0.727. The standard InChI is InChI=1S/C17H34N2O/c1-4-9-18-12-16-5-6-17(20-16)13-19-10-7-15(8-11-19)14(2)3/h14-18H,4-13H2,1-3H3. The first-order chi connectivity index (χ1) is 9.69. The zero-order valence-corrected chi connectivity index (χ0v) is 13.7. The molecule has 0 aromatic rings. The second-order valence-electron chi connectivity index (χ2n) is 7.04. The molecule has 2 rings (SSSR count). The topological polar surface area (TPSA) is 24.5 Å². The Bertz CT molecular complexity index is 262. The van der Waals surface area contributed by atoms with Crippen molar-refractivity contribution >= 4 is 0 Å². The molecule has 2 aliphatic rings. The monoisotopic (exact) mass is 282 g/mol. The number of rotatable bonds is 7. The smallest absolute Gasteiger partial charge is 0.0707 e. The Balaban J connectivity index is 1.61. The molecule has 2 atom stereocenters. The first kappa shape index (κ1) is 16.3. The van der Waals surface area contributed by atoms with E-state index in [2.05, 4.69) is 31.0 Å².